The van der Waals surface area contributed by atoms with E-state index in [9.17, 15) is 4.79 Å². The molecule has 0 aliphatic heterocycles. The summed E-state index contributed by atoms with van der Waals surface area (Å²) in [6, 6.07) is 4.95. The van der Waals surface area contributed by atoms with Crippen molar-refractivity contribution in [3.8, 4) is 5.75 Å². The number of halogens is 1. The zero-order valence-corrected chi connectivity index (χ0v) is 10.2. The van der Waals surface area contributed by atoms with Crippen molar-refractivity contribution in [2.24, 2.45) is 0 Å². The number of nitrogens with one attached hydrogen (secondary N) is 1. The maximum atomic E-state index is 12.0. The van der Waals surface area contributed by atoms with Crippen LogP contribution >= 0.6 is 11.6 Å². The highest BCUT2D eigenvalue weighted by molar-refractivity contribution is 6.31. The Hall–Kier alpha value is -1.26. The number of ether oxygens (including phenoxy) is 1. The van der Waals surface area contributed by atoms with E-state index in [1.165, 1.54) is 7.11 Å². The summed E-state index contributed by atoms with van der Waals surface area (Å²) in [5.74, 6) is 0.271. The first-order valence-electron chi connectivity index (χ1n) is 5.42. The molecule has 0 bridgehead atoms. The van der Waals surface area contributed by atoms with E-state index in [0.29, 0.717) is 29.2 Å². The minimum atomic E-state index is -0.290. The van der Waals surface area contributed by atoms with Gasteiger partial charge < -0.3 is 15.2 Å². The van der Waals surface area contributed by atoms with Crippen LogP contribution in [0.25, 0.3) is 0 Å². The minimum absolute atomic E-state index is 0.0428. The summed E-state index contributed by atoms with van der Waals surface area (Å²) in [4.78, 5) is 12.0. The monoisotopic (exact) mass is 255 g/mol. The molecule has 1 fully saturated rings. The van der Waals surface area contributed by atoms with Gasteiger partial charge in [0.25, 0.3) is 5.91 Å². The summed E-state index contributed by atoms with van der Waals surface area (Å²) in [5.41, 5.74) is 0.418. The van der Waals surface area contributed by atoms with E-state index < -0.39 is 0 Å². The first-order chi connectivity index (χ1) is 8.10. The Labute approximate surface area is 105 Å². The molecule has 1 aliphatic carbocycles. The topological polar surface area (TPSA) is 58.6 Å². The molecule has 0 atom stereocenters. The zero-order chi connectivity index (χ0) is 12.4. The summed E-state index contributed by atoms with van der Waals surface area (Å²) in [5, 5.41) is 12.5. The summed E-state index contributed by atoms with van der Waals surface area (Å²) in [6.07, 6.45) is 0.921. The van der Waals surface area contributed by atoms with Gasteiger partial charge in [-0.1, -0.05) is 11.6 Å². The second kappa shape index (κ2) is 4.94. The number of hydrogen-bond donors (Lipinski definition) is 2. The fourth-order valence-electron chi connectivity index (χ4n) is 1.83. The zero-order valence-electron chi connectivity index (χ0n) is 9.44. The molecule has 0 aromatic heterocycles. The van der Waals surface area contributed by atoms with E-state index >= 15 is 0 Å². The predicted molar refractivity (Wildman–Crippen MR) is 64.5 cm³/mol. The molecule has 4 nitrogen and oxygen atoms in total. The van der Waals surface area contributed by atoms with Crippen LogP contribution in [0.3, 0.4) is 0 Å². The molecule has 0 unspecified atom stereocenters. The molecule has 1 aromatic rings. The van der Waals surface area contributed by atoms with Gasteiger partial charge in [0.1, 0.15) is 5.75 Å². The van der Waals surface area contributed by atoms with Gasteiger partial charge in [-0.3, -0.25) is 4.79 Å². The lowest BCUT2D eigenvalue weighted by molar-refractivity contribution is 0.0561. The first-order valence-corrected chi connectivity index (χ1v) is 5.80. The molecule has 0 spiro atoms. The molecule has 0 radical (unpaired) electrons. The van der Waals surface area contributed by atoms with Crippen LogP contribution in [0.15, 0.2) is 18.2 Å². The van der Waals surface area contributed by atoms with E-state index in [4.69, 9.17) is 21.4 Å². The third-order valence-electron chi connectivity index (χ3n) is 2.85. The number of benzene rings is 1. The normalized spacial score (nSPS) is 22.8. The molecule has 0 saturated heterocycles. The van der Waals surface area contributed by atoms with Crippen molar-refractivity contribution in [1.82, 2.24) is 5.32 Å². The standard InChI is InChI=1S/C12H14ClNO3/c1-17-11-3-2-7(13)4-10(11)12(16)14-8-5-9(15)6-8/h2-4,8-9,15H,5-6H2,1H3,(H,14,16). The summed E-state index contributed by atoms with van der Waals surface area (Å²) < 4.78 is 5.11. The predicted octanol–water partition coefficient (Wildman–Crippen LogP) is 1.60. The maximum absolute atomic E-state index is 12.0. The number of aliphatic hydroxyl groups excluding tert-OH is 1. The highest BCUT2D eigenvalue weighted by atomic mass is 35.5. The van der Waals surface area contributed by atoms with E-state index in [1.807, 2.05) is 0 Å². The van der Waals surface area contributed by atoms with Crippen LogP contribution in [0, 0.1) is 0 Å². The van der Waals surface area contributed by atoms with Crippen LogP contribution in [0.2, 0.25) is 5.02 Å². The Balaban J connectivity index is 2.09. The molecule has 1 aliphatic rings. The number of carbonyl (C=O) groups is 1. The third-order valence-corrected chi connectivity index (χ3v) is 3.09. The largest absolute Gasteiger partial charge is 0.496 e. The van der Waals surface area contributed by atoms with Crippen molar-refractivity contribution in [3.63, 3.8) is 0 Å². The van der Waals surface area contributed by atoms with Gasteiger partial charge in [-0.25, -0.2) is 0 Å². The number of amides is 1. The van der Waals surface area contributed by atoms with E-state index in [1.54, 1.807) is 18.2 Å². The lowest BCUT2D eigenvalue weighted by atomic mass is 9.89. The molecular formula is C12H14ClNO3. The van der Waals surface area contributed by atoms with Crippen LogP contribution in [0.4, 0.5) is 0 Å². The lowest BCUT2D eigenvalue weighted by Gasteiger charge is -2.32. The smallest absolute Gasteiger partial charge is 0.255 e. The molecule has 2 N–H and O–H groups in total. The van der Waals surface area contributed by atoms with Crippen molar-refractivity contribution < 1.29 is 14.6 Å². The van der Waals surface area contributed by atoms with Gasteiger partial charge in [0, 0.05) is 11.1 Å². The van der Waals surface area contributed by atoms with Gasteiger partial charge >= 0.3 is 0 Å². The Morgan fingerprint density at radius 3 is 2.82 bits per heavy atom. The Morgan fingerprint density at radius 1 is 1.53 bits per heavy atom. The number of methoxy groups -OCH3 is 1. The molecule has 0 heterocycles. The van der Waals surface area contributed by atoms with Crippen LogP contribution in [-0.2, 0) is 0 Å². The summed E-state index contributed by atoms with van der Waals surface area (Å²) >= 11 is 5.85. The molecule has 2 rings (SSSR count). The second-order valence-corrected chi connectivity index (χ2v) is 4.58. The van der Waals surface area contributed by atoms with Crippen molar-refractivity contribution in [2.45, 2.75) is 25.0 Å². The fraction of sp³-hybridized carbons (Fsp3) is 0.417. The SMILES string of the molecule is COc1ccc(Cl)cc1C(=O)NC1CC(O)C1. The van der Waals surface area contributed by atoms with Crippen LogP contribution in [0.1, 0.15) is 23.2 Å². The third kappa shape index (κ3) is 2.70. The van der Waals surface area contributed by atoms with Gasteiger partial charge in [-0.2, -0.15) is 0 Å². The fourth-order valence-corrected chi connectivity index (χ4v) is 2.00. The number of aliphatic hydroxyl groups is 1. The van der Waals surface area contributed by atoms with Crippen LogP contribution in [-0.4, -0.2) is 30.3 Å². The minimum Gasteiger partial charge on any atom is -0.496 e. The van der Waals surface area contributed by atoms with Gasteiger partial charge in [-0.15, -0.1) is 0 Å². The molecule has 1 amide bonds. The highest BCUT2D eigenvalue weighted by Gasteiger charge is 2.29. The quantitative estimate of drug-likeness (QED) is 0.863. The number of rotatable bonds is 3. The van der Waals surface area contributed by atoms with Crippen molar-refractivity contribution in [2.75, 3.05) is 7.11 Å². The van der Waals surface area contributed by atoms with Crippen molar-refractivity contribution >= 4 is 17.5 Å². The van der Waals surface area contributed by atoms with Crippen molar-refractivity contribution in [3.05, 3.63) is 28.8 Å². The molecular weight excluding hydrogens is 242 g/mol. The van der Waals surface area contributed by atoms with Gasteiger partial charge in [0.05, 0.1) is 18.8 Å². The van der Waals surface area contributed by atoms with E-state index in [-0.39, 0.29) is 18.1 Å². The summed E-state index contributed by atoms with van der Waals surface area (Å²) in [7, 11) is 1.51. The Bertz CT molecular complexity index is 430. The second-order valence-electron chi connectivity index (χ2n) is 4.14. The average Bonchev–Trinajstić information content (AvgIpc) is 2.27. The Morgan fingerprint density at radius 2 is 2.24 bits per heavy atom. The number of hydrogen-bond acceptors (Lipinski definition) is 3. The molecule has 17 heavy (non-hydrogen) atoms. The van der Waals surface area contributed by atoms with E-state index in [2.05, 4.69) is 5.32 Å². The van der Waals surface area contributed by atoms with E-state index in [0.717, 1.165) is 0 Å². The highest BCUT2D eigenvalue weighted by Crippen LogP contribution is 2.24. The van der Waals surface area contributed by atoms with Crippen molar-refractivity contribution in [1.29, 1.82) is 0 Å². The van der Waals surface area contributed by atoms with Crippen LogP contribution < -0.4 is 10.1 Å². The molecule has 92 valence electrons. The molecule has 1 saturated carbocycles. The average molecular weight is 256 g/mol. The summed E-state index contributed by atoms with van der Waals surface area (Å²) in [6.45, 7) is 0. The maximum Gasteiger partial charge on any atom is 0.255 e. The first kappa shape index (κ1) is 12.2. The Kier molecular flexibility index (Phi) is 3.54. The van der Waals surface area contributed by atoms with Gasteiger partial charge in [0.2, 0.25) is 0 Å². The lowest BCUT2D eigenvalue weighted by Crippen LogP contribution is -2.46. The molecule has 5 heteroatoms. The van der Waals surface area contributed by atoms with Gasteiger partial charge in [-0.05, 0) is 31.0 Å². The molecule has 1 aromatic carbocycles. The number of carbonyl (C=O) groups excluding carboxylic acids is 1. The van der Waals surface area contributed by atoms with Crippen LogP contribution in [0.5, 0.6) is 5.75 Å². The van der Waals surface area contributed by atoms with Gasteiger partial charge in [0.15, 0.2) is 0 Å².